The number of aryl methyl sites for hydroxylation is 2. The Bertz CT molecular complexity index is 531. The molecule has 1 N–H and O–H groups in total. The van der Waals surface area contributed by atoms with Gasteiger partial charge in [-0.25, -0.2) is 0 Å². The fraction of sp³-hybridized carbons (Fsp3) is 0.368. The highest BCUT2D eigenvalue weighted by molar-refractivity contribution is 5.32. The first-order valence-corrected chi connectivity index (χ1v) is 7.55. The van der Waals surface area contributed by atoms with Crippen molar-refractivity contribution in [2.45, 2.75) is 39.7 Å². The average Bonchev–Trinajstić information content (AvgIpc) is 2.47. The van der Waals surface area contributed by atoms with E-state index in [1.165, 1.54) is 22.3 Å². The minimum Gasteiger partial charge on any atom is -0.310 e. The molecule has 0 saturated heterocycles. The molecule has 1 unspecified atom stereocenters. The van der Waals surface area contributed by atoms with Crippen LogP contribution in [-0.2, 0) is 6.42 Å². The molecule has 0 saturated carbocycles. The van der Waals surface area contributed by atoms with Crippen LogP contribution < -0.4 is 5.32 Å². The van der Waals surface area contributed by atoms with E-state index in [0.29, 0.717) is 6.04 Å². The maximum Gasteiger partial charge on any atom is 0.0360 e. The summed E-state index contributed by atoms with van der Waals surface area (Å²) in [5.41, 5.74) is 5.52. The number of hydrogen-bond acceptors (Lipinski definition) is 1. The Morgan fingerprint density at radius 3 is 2.35 bits per heavy atom. The van der Waals surface area contributed by atoms with Gasteiger partial charge in [-0.2, -0.15) is 0 Å². The molecule has 0 heterocycles. The van der Waals surface area contributed by atoms with Crippen LogP contribution in [0.15, 0.2) is 48.5 Å². The molecule has 0 aliphatic heterocycles. The predicted octanol–water partition coefficient (Wildman–Crippen LogP) is 4.59. The van der Waals surface area contributed by atoms with E-state index in [-0.39, 0.29) is 0 Å². The quantitative estimate of drug-likeness (QED) is 0.807. The first-order valence-electron chi connectivity index (χ1n) is 7.55. The van der Waals surface area contributed by atoms with Crippen molar-refractivity contribution >= 4 is 0 Å². The summed E-state index contributed by atoms with van der Waals surface area (Å²) in [5, 5.41) is 3.68. The lowest BCUT2D eigenvalue weighted by molar-refractivity contribution is 0.529. The smallest absolute Gasteiger partial charge is 0.0360 e. The Labute approximate surface area is 123 Å². The van der Waals surface area contributed by atoms with E-state index in [1.807, 2.05) is 0 Å². The Morgan fingerprint density at radius 2 is 1.70 bits per heavy atom. The molecule has 0 aliphatic carbocycles. The second-order valence-corrected chi connectivity index (χ2v) is 5.54. The zero-order valence-electron chi connectivity index (χ0n) is 12.8. The van der Waals surface area contributed by atoms with Gasteiger partial charge in [-0.3, -0.25) is 0 Å². The lowest BCUT2D eigenvalue weighted by atomic mass is 9.96. The number of nitrogens with one attached hydrogen (secondary N) is 1. The Hall–Kier alpha value is -1.60. The van der Waals surface area contributed by atoms with Crippen molar-refractivity contribution in [1.82, 2.24) is 5.32 Å². The lowest BCUT2D eigenvalue weighted by Crippen LogP contribution is -2.24. The van der Waals surface area contributed by atoms with Gasteiger partial charge in [0.05, 0.1) is 0 Å². The van der Waals surface area contributed by atoms with Crippen molar-refractivity contribution in [1.29, 1.82) is 0 Å². The average molecular weight is 267 g/mol. The van der Waals surface area contributed by atoms with Crippen LogP contribution in [0, 0.1) is 13.8 Å². The van der Waals surface area contributed by atoms with Gasteiger partial charge < -0.3 is 5.32 Å². The minimum atomic E-state index is 0.400. The van der Waals surface area contributed by atoms with E-state index >= 15 is 0 Å². The SMILES string of the molecule is CCCNC(Cc1ccccc1)c1ccc(C)c(C)c1. The van der Waals surface area contributed by atoms with Crippen molar-refractivity contribution < 1.29 is 0 Å². The van der Waals surface area contributed by atoms with E-state index < -0.39 is 0 Å². The van der Waals surface area contributed by atoms with Gasteiger partial charge >= 0.3 is 0 Å². The molecule has 2 rings (SSSR count). The van der Waals surface area contributed by atoms with Crippen molar-refractivity contribution in [3.63, 3.8) is 0 Å². The summed E-state index contributed by atoms with van der Waals surface area (Å²) in [6.45, 7) is 7.64. The van der Waals surface area contributed by atoms with Crippen LogP contribution in [0.3, 0.4) is 0 Å². The molecule has 2 aromatic carbocycles. The molecular formula is C19H25N. The van der Waals surface area contributed by atoms with Gasteiger partial charge in [0.25, 0.3) is 0 Å². The first kappa shape index (κ1) is 14.8. The Kier molecular flexibility index (Phi) is 5.37. The van der Waals surface area contributed by atoms with Crippen LogP contribution >= 0.6 is 0 Å². The van der Waals surface area contributed by atoms with Gasteiger partial charge in [0.15, 0.2) is 0 Å². The molecule has 0 amide bonds. The van der Waals surface area contributed by atoms with Crippen LogP contribution in [0.4, 0.5) is 0 Å². The lowest BCUT2D eigenvalue weighted by Gasteiger charge is -2.20. The van der Waals surface area contributed by atoms with E-state index in [9.17, 15) is 0 Å². The summed E-state index contributed by atoms with van der Waals surface area (Å²) in [6, 6.07) is 18.0. The zero-order valence-corrected chi connectivity index (χ0v) is 12.8. The van der Waals surface area contributed by atoms with Gasteiger partial charge in [0.2, 0.25) is 0 Å². The standard InChI is InChI=1S/C19H25N/c1-4-12-20-19(14-17-8-6-5-7-9-17)18-11-10-15(2)16(3)13-18/h5-11,13,19-20H,4,12,14H2,1-3H3. The highest BCUT2D eigenvalue weighted by atomic mass is 14.9. The molecule has 106 valence electrons. The molecule has 0 radical (unpaired) electrons. The van der Waals surface area contributed by atoms with Crippen molar-refractivity contribution in [2.75, 3.05) is 6.54 Å². The predicted molar refractivity (Wildman–Crippen MR) is 87.1 cm³/mol. The largest absolute Gasteiger partial charge is 0.310 e. The third-order valence-electron chi connectivity index (χ3n) is 3.86. The summed E-state index contributed by atoms with van der Waals surface area (Å²) in [6.07, 6.45) is 2.21. The molecular weight excluding hydrogens is 242 g/mol. The molecule has 0 fully saturated rings. The zero-order chi connectivity index (χ0) is 14.4. The highest BCUT2D eigenvalue weighted by Crippen LogP contribution is 2.21. The van der Waals surface area contributed by atoms with E-state index in [0.717, 1.165) is 19.4 Å². The van der Waals surface area contributed by atoms with Crippen LogP contribution in [0.25, 0.3) is 0 Å². The topological polar surface area (TPSA) is 12.0 Å². The molecule has 1 nitrogen and oxygen atoms in total. The third kappa shape index (κ3) is 3.94. The minimum absolute atomic E-state index is 0.400. The fourth-order valence-corrected chi connectivity index (χ4v) is 2.46. The van der Waals surface area contributed by atoms with Crippen molar-refractivity contribution in [3.05, 3.63) is 70.8 Å². The second kappa shape index (κ2) is 7.25. The van der Waals surface area contributed by atoms with Gasteiger partial charge in [-0.05, 0) is 55.5 Å². The highest BCUT2D eigenvalue weighted by Gasteiger charge is 2.12. The summed E-state index contributed by atoms with van der Waals surface area (Å²) in [5.74, 6) is 0. The molecule has 0 spiro atoms. The molecule has 1 atom stereocenters. The Balaban J connectivity index is 2.20. The number of rotatable bonds is 6. The van der Waals surface area contributed by atoms with Gasteiger partial charge in [-0.15, -0.1) is 0 Å². The van der Waals surface area contributed by atoms with Crippen molar-refractivity contribution in [2.24, 2.45) is 0 Å². The molecule has 0 bridgehead atoms. The van der Waals surface area contributed by atoms with Crippen LogP contribution in [0.2, 0.25) is 0 Å². The second-order valence-electron chi connectivity index (χ2n) is 5.54. The summed E-state index contributed by atoms with van der Waals surface area (Å²) >= 11 is 0. The normalized spacial score (nSPS) is 12.3. The summed E-state index contributed by atoms with van der Waals surface area (Å²) in [4.78, 5) is 0. The maximum absolute atomic E-state index is 3.68. The molecule has 0 aromatic heterocycles. The van der Waals surface area contributed by atoms with Gasteiger partial charge in [-0.1, -0.05) is 55.5 Å². The van der Waals surface area contributed by atoms with Crippen molar-refractivity contribution in [3.8, 4) is 0 Å². The monoisotopic (exact) mass is 267 g/mol. The van der Waals surface area contributed by atoms with Gasteiger partial charge in [0, 0.05) is 6.04 Å². The number of hydrogen-bond donors (Lipinski definition) is 1. The molecule has 1 heteroatoms. The first-order chi connectivity index (χ1) is 9.70. The van der Waals surface area contributed by atoms with Crippen LogP contribution in [-0.4, -0.2) is 6.54 Å². The molecule has 20 heavy (non-hydrogen) atoms. The van der Waals surface area contributed by atoms with Gasteiger partial charge in [0.1, 0.15) is 0 Å². The van der Waals surface area contributed by atoms with Crippen LogP contribution in [0.1, 0.15) is 41.6 Å². The van der Waals surface area contributed by atoms with Crippen LogP contribution in [0.5, 0.6) is 0 Å². The van der Waals surface area contributed by atoms with E-state index in [1.54, 1.807) is 0 Å². The molecule has 0 aliphatic rings. The van der Waals surface area contributed by atoms with E-state index in [2.05, 4.69) is 74.6 Å². The third-order valence-corrected chi connectivity index (χ3v) is 3.86. The maximum atomic E-state index is 3.68. The summed E-state index contributed by atoms with van der Waals surface area (Å²) < 4.78 is 0. The fourth-order valence-electron chi connectivity index (χ4n) is 2.46. The number of benzene rings is 2. The van der Waals surface area contributed by atoms with E-state index in [4.69, 9.17) is 0 Å². The Morgan fingerprint density at radius 1 is 0.950 bits per heavy atom. The summed E-state index contributed by atoms with van der Waals surface area (Å²) in [7, 11) is 0. The molecule has 2 aromatic rings.